The van der Waals surface area contributed by atoms with E-state index in [0.717, 1.165) is 58.1 Å². The summed E-state index contributed by atoms with van der Waals surface area (Å²) in [6, 6.07) is 0. The van der Waals surface area contributed by atoms with E-state index < -0.39 is 0 Å². The Morgan fingerprint density at radius 3 is 2.57 bits per heavy atom. The number of aliphatic imine (C=N–C) groups is 1. The van der Waals surface area contributed by atoms with Crippen LogP contribution >= 0.6 is 0 Å². The molecule has 6 heteroatoms. The summed E-state index contributed by atoms with van der Waals surface area (Å²) >= 11 is 0. The average molecular weight is 299 g/mol. The summed E-state index contributed by atoms with van der Waals surface area (Å²) in [4.78, 5) is 18.2. The van der Waals surface area contributed by atoms with Crippen molar-refractivity contribution in [1.29, 1.82) is 0 Å². The van der Waals surface area contributed by atoms with Gasteiger partial charge < -0.3 is 19.7 Å². The van der Waals surface area contributed by atoms with Gasteiger partial charge in [-0.05, 0) is 33.1 Å². The van der Waals surface area contributed by atoms with Gasteiger partial charge >= 0.3 is 5.97 Å². The molecule has 1 rings (SSSR count). The van der Waals surface area contributed by atoms with Crippen molar-refractivity contribution in [2.75, 3.05) is 46.5 Å². The molecular formula is C15H29N3O3. The lowest BCUT2D eigenvalue weighted by Crippen LogP contribution is -2.47. The third-order valence-corrected chi connectivity index (χ3v) is 3.58. The smallest absolute Gasteiger partial charge is 0.309 e. The second-order valence-electron chi connectivity index (χ2n) is 5.04. The minimum Gasteiger partial charge on any atom is -0.466 e. The highest BCUT2D eigenvalue weighted by Crippen LogP contribution is 2.18. The van der Waals surface area contributed by atoms with Crippen molar-refractivity contribution >= 4 is 11.9 Å². The van der Waals surface area contributed by atoms with Crippen LogP contribution in [0.15, 0.2) is 4.99 Å². The number of rotatable bonds is 7. The SMILES string of the molecule is CCOCCCNC(=NC)N1CCC(C(=O)OCC)CC1. The molecule has 0 amide bonds. The minimum atomic E-state index is -0.0585. The summed E-state index contributed by atoms with van der Waals surface area (Å²) in [7, 11) is 1.79. The van der Waals surface area contributed by atoms with E-state index in [2.05, 4.69) is 15.2 Å². The first-order valence-corrected chi connectivity index (χ1v) is 7.92. The Morgan fingerprint density at radius 2 is 2.00 bits per heavy atom. The van der Waals surface area contributed by atoms with Crippen LogP contribution in [0, 0.1) is 5.92 Å². The number of piperidine rings is 1. The predicted molar refractivity (Wildman–Crippen MR) is 83.4 cm³/mol. The van der Waals surface area contributed by atoms with E-state index in [1.165, 1.54) is 0 Å². The van der Waals surface area contributed by atoms with Crippen LogP contribution in [-0.2, 0) is 14.3 Å². The number of guanidine groups is 1. The molecule has 1 fully saturated rings. The van der Waals surface area contributed by atoms with E-state index in [9.17, 15) is 4.79 Å². The van der Waals surface area contributed by atoms with Crippen molar-refractivity contribution < 1.29 is 14.3 Å². The van der Waals surface area contributed by atoms with Crippen LogP contribution in [0.4, 0.5) is 0 Å². The number of esters is 1. The molecular weight excluding hydrogens is 270 g/mol. The van der Waals surface area contributed by atoms with Crippen molar-refractivity contribution in [1.82, 2.24) is 10.2 Å². The Balaban J connectivity index is 2.28. The van der Waals surface area contributed by atoms with Crippen molar-refractivity contribution in [3.05, 3.63) is 0 Å². The number of nitrogens with zero attached hydrogens (tertiary/aromatic N) is 2. The van der Waals surface area contributed by atoms with Gasteiger partial charge in [-0.1, -0.05) is 0 Å². The monoisotopic (exact) mass is 299 g/mol. The fourth-order valence-corrected chi connectivity index (χ4v) is 2.44. The second-order valence-corrected chi connectivity index (χ2v) is 5.04. The summed E-state index contributed by atoms with van der Waals surface area (Å²) in [6.07, 6.45) is 2.63. The van der Waals surface area contributed by atoms with Gasteiger partial charge in [-0.3, -0.25) is 9.79 Å². The summed E-state index contributed by atoms with van der Waals surface area (Å²) in [6.45, 7) is 8.37. The number of likely N-dealkylation sites (tertiary alicyclic amines) is 1. The van der Waals surface area contributed by atoms with Crippen LogP contribution in [0.2, 0.25) is 0 Å². The van der Waals surface area contributed by atoms with Crippen molar-refractivity contribution in [3.63, 3.8) is 0 Å². The van der Waals surface area contributed by atoms with Crippen LogP contribution < -0.4 is 5.32 Å². The molecule has 0 aromatic rings. The molecule has 21 heavy (non-hydrogen) atoms. The lowest BCUT2D eigenvalue weighted by molar-refractivity contribution is -0.149. The molecule has 0 aliphatic carbocycles. The van der Waals surface area contributed by atoms with Gasteiger partial charge in [0.1, 0.15) is 0 Å². The van der Waals surface area contributed by atoms with Gasteiger partial charge in [-0.25, -0.2) is 0 Å². The molecule has 0 atom stereocenters. The maximum absolute atomic E-state index is 11.7. The molecule has 0 aromatic heterocycles. The molecule has 0 radical (unpaired) electrons. The molecule has 0 bridgehead atoms. The zero-order valence-corrected chi connectivity index (χ0v) is 13.6. The number of hydrogen-bond donors (Lipinski definition) is 1. The van der Waals surface area contributed by atoms with Crippen LogP contribution in [0.1, 0.15) is 33.1 Å². The fourth-order valence-electron chi connectivity index (χ4n) is 2.44. The quantitative estimate of drug-likeness (QED) is 0.332. The molecule has 6 nitrogen and oxygen atoms in total. The Hall–Kier alpha value is -1.30. The van der Waals surface area contributed by atoms with Crippen molar-refractivity contribution in [2.45, 2.75) is 33.1 Å². The first-order valence-electron chi connectivity index (χ1n) is 7.92. The predicted octanol–water partition coefficient (Wildman–Crippen LogP) is 1.26. The molecule has 1 N–H and O–H groups in total. The number of carbonyl (C=O) groups excluding carboxylic acids is 1. The summed E-state index contributed by atoms with van der Waals surface area (Å²) in [5.74, 6) is 0.892. The molecule has 0 spiro atoms. The third-order valence-electron chi connectivity index (χ3n) is 3.58. The summed E-state index contributed by atoms with van der Waals surface area (Å²) in [5.41, 5.74) is 0. The van der Waals surface area contributed by atoms with Gasteiger partial charge in [0.2, 0.25) is 0 Å². The molecule has 1 heterocycles. The van der Waals surface area contributed by atoms with Crippen LogP contribution in [0.25, 0.3) is 0 Å². The molecule has 122 valence electrons. The lowest BCUT2D eigenvalue weighted by atomic mass is 9.97. The third kappa shape index (κ3) is 6.33. The van der Waals surface area contributed by atoms with Gasteiger partial charge in [0.15, 0.2) is 5.96 Å². The van der Waals surface area contributed by atoms with Crippen molar-refractivity contribution in [2.24, 2.45) is 10.9 Å². The fraction of sp³-hybridized carbons (Fsp3) is 0.867. The lowest BCUT2D eigenvalue weighted by Gasteiger charge is -2.33. The van der Waals surface area contributed by atoms with Gasteiger partial charge in [0.05, 0.1) is 12.5 Å². The highest BCUT2D eigenvalue weighted by atomic mass is 16.5. The number of hydrogen-bond acceptors (Lipinski definition) is 4. The van der Waals surface area contributed by atoms with E-state index in [1.54, 1.807) is 7.05 Å². The first kappa shape index (κ1) is 17.8. The van der Waals surface area contributed by atoms with E-state index >= 15 is 0 Å². The maximum Gasteiger partial charge on any atom is 0.309 e. The topological polar surface area (TPSA) is 63.2 Å². The number of ether oxygens (including phenoxy) is 2. The Labute approximate surface area is 127 Å². The molecule has 0 aromatic carbocycles. The van der Waals surface area contributed by atoms with E-state index in [4.69, 9.17) is 9.47 Å². The Morgan fingerprint density at radius 1 is 1.29 bits per heavy atom. The van der Waals surface area contributed by atoms with Gasteiger partial charge in [-0.15, -0.1) is 0 Å². The summed E-state index contributed by atoms with van der Waals surface area (Å²) < 4.78 is 10.4. The molecule has 1 saturated heterocycles. The van der Waals surface area contributed by atoms with Crippen molar-refractivity contribution in [3.8, 4) is 0 Å². The van der Waals surface area contributed by atoms with Crippen LogP contribution in [0.5, 0.6) is 0 Å². The van der Waals surface area contributed by atoms with Gasteiger partial charge in [-0.2, -0.15) is 0 Å². The highest BCUT2D eigenvalue weighted by Gasteiger charge is 2.27. The molecule has 1 aliphatic heterocycles. The Bertz CT molecular complexity index is 326. The second kappa shape index (κ2) is 10.4. The summed E-state index contributed by atoms with van der Waals surface area (Å²) in [5, 5.41) is 3.35. The van der Waals surface area contributed by atoms with E-state index in [-0.39, 0.29) is 11.9 Å². The van der Waals surface area contributed by atoms with Gasteiger partial charge in [0, 0.05) is 39.9 Å². The highest BCUT2D eigenvalue weighted by molar-refractivity contribution is 5.80. The minimum absolute atomic E-state index is 0.0391. The number of nitrogens with one attached hydrogen (secondary N) is 1. The largest absolute Gasteiger partial charge is 0.466 e. The van der Waals surface area contributed by atoms with Crippen LogP contribution in [-0.4, -0.2) is 63.3 Å². The normalized spacial score (nSPS) is 16.9. The van der Waals surface area contributed by atoms with E-state index in [0.29, 0.717) is 6.61 Å². The van der Waals surface area contributed by atoms with Crippen LogP contribution in [0.3, 0.4) is 0 Å². The Kier molecular flexibility index (Phi) is 8.82. The zero-order valence-electron chi connectivity index (χ0n) is 13.6. The molecule has 1 aliphatic rings. The maximum atomic E-state index is 11.7. The zero-order chi connectivity index (χ0) is 15.5. The first-order chi connectivity index (χ1) is 10.2. The van der Waals surface area contributed by atoms with Gasteiger partial charge in [0.25, 0.3) is 0 Å². The van der Waals surface area contributed by atoms with E-state index in [1.807, 2.05) is 13.8 Å². The standard InChI is InChI=1S/C15H29N3O3/c1-4-20-12-6-9-17-15(16-3)18-10-7-13(8-11-18)14(19)21-5-2/h13H,4-12H2,1-3H3,(H,16,17). The number of carbonyl (C=O) groups is 1. The molecule has 0 unspecified atom stereocenters. The molecule has 0 saturated carbocycles. The average Bonchev–Trinajstić information content (AvgIpc) is 2.51.